The van der Waals surface area contributed by atoms with Crippen molar-refractivity contribution >= 4 is 34.4 Å². The van der Waals surface area contributed by atoms with Crippen LogP contribution in [0.1, 0.15) is 24.3 Å². The SMILES string of the molecule is CCOc1cccc(/C(O)=C2\C(=O)C(=O)N(c3nc4ccc(F)cc4[nH]3)C2c2ccco2)c1. The molecule has 0 saturated carbocycles. The maximum Gasteiger partial charge on any atom is 0.302 e. The van der Waals surface area contributed by atoms with Gasteiger partial charge in [-0.2, -0.15) is 0 Å². The van der Waals surface area contributed by atoms with Gasteiger partial charge in [-0.15, -0.1) is 0 Å². The van der Waals surface area contributed by atoms with Gasteiger partial charge in [0.05, 0.1) is 29.5 Å². The molecule has 1 amide bonds. The van der Waals surface area contributed by atoms with E-state index in [0.29, 0.717) is 29.0 Å². The van der Waals surface area contributed by atoms with Crippen LogP contribution in [0.4, 0.5) is 10.3 Å². The number of aromatic nitrogens is 2. The predicted octanol–water partition coefficient (Wildman–Crippen LogP) is 4.32. The number of imidazole rings is 1. The van der Waals surface area contributed by atoms with Crippen molar-refractivity contribution in [2.24, 2.45) is 0 Å². The number of anilines is 1. The lowest BCUT2D eigenvalue weighted by Crippen LogP contribution is -2.30. The molecular formula is C24H18FN3O5. The number of ketones is 1. The van der Waals surface area contributed by atoms with E-state index in [1.165, 1.54) is 24.5 Å². The van der Waals surface area contributed by atoms with Crippen LogP contribution in [0.2, 0.25) is 0 Å². The maximum absolute atomic E-state index is 13.7. The number of nitrogens with one attached hydrogen (secondary N) is 1. The van der Waals surface area contributed by atoms with E-state index in [1.807, 2.05) is 6.92 Å². The van der Waals surface area contributed by atoms with Crippen LogP contribution in [0.15, 0.2) is 70.9 Å². The number of fused-ring (bicyclic) bond motifs is 1. The van der Waals surface area contributed by atoms with Gasteiger partial charge in [0.1, 0.15) is 29.1 Å². The summed E-state index contributed by atoms with van der Waals surface area (Å²) in [4.78, 5) is 34.5. The minimum atomic E-state index is -1.08. The smallest absolute Gasteiger partial charge is 0.302 e. The zero-order valence-electron chi connectivity index (χ0n) is 17.4. The minimum absolute atomic E-state index is 0.0289. The predicted molar refractivity (Wildman–Crippen MR) is 117 cm³/mol. The van der Waals surface area contributed by atoms with Gasteiger partial charge in [-0.05, 0) is 49.4 Å². The summed E-state index contributed by atoms with van der Waals surface area (Å²) in [6.07, 6.45) is 1.40. The fourth-order valence-electron chi connectivity index (χ4n) is 3.90. The fraction of sp³-hybridized carbons (Fsp3) is 0.125. The van der Waals surface area contributed by atoms with Crippen molar-refractivity contribution in [2.75, 3.05) is 11.5 Å². The number of hydrogen-bond donors (Lipinski definition) is 2. The third kappa shape index (κ3) is 3.43. The summed E-state index contributed by atoms with van der Waals surface area (Å²) in [5.74, 6) is -1.87. The molecule has 9 heteroatoms. The van der Waals surface area contributed by atoms with Crippen LogP contribution in [-0.2, 0) is 9.59 Å². The highest BCUT2D eigenvalue weighted by Gasteiger charge is 2.49. The second-order valence-corrected chi connectivity index (χ2v) is 7.37. The van der Waals surface area contributed by atoms with Gasteiger partial charge in [0.15, 0.2) is 0 Å². The highest BCUT2D eigenvalue weighted by Crippen LogP contribution is 2.42. The Labute approximate surface area is 186 Å². The van der Waals surface area contributed by atoms with Gasteiger partial charge in [0.25, 0.3) is 5.78 Å². The first-order valence-corrected chi connectivity index (χ1v) is 10.2. The number of nitrogens with zero attached hydrogens (tertiary/aromatic N) is 2. The highest BCUT2D eigenvalue weighted by molar-refractivity contribution is 6.51. The molecule has 0 spiro atoms. The second kappa shape index (κ2) is 7.94. The molecule has 2 aromatic heterocycles. The number of hydrogen-bond acceptors (Lipinski definition) is 6. The number of carbonyl (C=O) groups excluding carboxylic acids is 2. The molecule has 1 atom stereocenters. The van der Waals surface area contributed by atoms with Crippen molar-refractivity contribution in [2.45, 2.75) is 13.0 Å². The van der Waals surface area contributed by atoms with Crippen LogP contribution in [0.3, 0.4) is 0 Å². The van der Waals surface area contributed by atoms with Crippen LogP contribution in [-0.4, -0.2) is 33.4 Å². The largest absolute Gasteiger partial charge is 0.507 e. The lowest BCUT2D eigenvalue weighted by Gasteiger charge is -2.20. The third-order valence-electron chi connectivity index (χ3n) is 5.34. The summed E-state index contributed by atoms with van der Waals surface area (Å²) < 4.78 is 24.7. The van der Waals surface area contributed by atoms with Crippen molar-refractivity contribution in [3.05, 3.63) is 83.6 Å². The molecule has 4 aromatic rings. The van der Waals surface area contributed by atoms with E-state index in [2.05, 4.69) is 9.97 Å². The van der Waals surface area contributed by atoms with E-state index in [4.69, 9.17) is 9.15 Å². The van der Waals surface area contributed by atoms with Crippen molar-refractivity contribution in [3.63, 3.8) is 0 Å². The van der Waals surface area contributed by atoms with Crippen molar-refractivity contribution in [3.8, 4) is 5.75 Å². The molecule has 5 rings (SSSR count). The first kappa shape index (κ1) is 20.5. The number of aliphatic hydroxyl groups is 1. The van der Waals surface area contributed by atoms with Crippen LogP contribution in [0.5, 0.6) is 5.75 Å². The molecule has 166 valence electrons. The quantitative estimate of drug-likeness (QED) is 0.268. The Balaban J connectivity index is 1.68. The van der Waals surface area contributed by atoms with Gasteiger partial charge in [-0.1, -0.05) is 12.1 Å². The molecule has 0 bridgehead atoms. The van der Waals surface area contributed by atoms with E-state index in [1.54, 1.807) is 36.4 Å². The number of ether oxygens (including phenoxy) is 1. The van der Waals surface area contributed by atoms with E-state index < -0.39 is 23.5 Å². The molecule has 2 N–H and O–H groups in total. The van der Waals surface area contributed by atoms with Crippen molar-refractivity contribution in [1.29, 1.82) is 0 Å². The summed E-state index contributed by atoms with van der Waals surface area (Å²) >= 11 is 0. The Morgan fingerprint density at radius 2 is 2.06 bits per heavy atom. The minimum Gasteiger partial charge on any atom is -0.507 e. The molecule has 8 nitrogen and oxygen atoms in total. The van der Waals surface area contributed by atoms with Crippen LogP contribution in [0, 0.1) is 5.82 Å². The molecule has 2 aromatic carbocycles. The van der Waals surface area contributed by atoms with Crippen molar-refractivity contribution in [1.82, 2.24) is 9.97 Å². The summed E-state index contributed by atoms with van der Waals surface area (Å²) in [7, 11) is 0. The van der Waals surface area contributed by atoms with E-state index in [-0.39, 0.29) is 23.0 Å². The Kier molecular flexibility index (Phi) is 4.93. The number of halogens is 1. The summed E-state index contributed by atoms with van der Waals surface area (Å²) in [5, 5.41) is 11.1. The number of Topliss-reactive ketones (excluding diaryl/α,β-unsaturated/α-hetero) is 1. The zero-order chi connectivity index (χ0) is 23.1. The zero-order valence-corrected chi connectivity index (χ0v) is 17.4. The third-order valence-corrected chi connectivity index (χ3v) is 5.34. The van der Waals surface area contributed by atoms with Gasteiger partial charge in [0.2, 0.25) is 5.95 Å². The highest BCUT2D eigenvalue weighted by atomic mass is 19.1. The Hall–Kier alpha value is -4.40. The van der Waals surface area contributed by atoms with Gasteiger partial charge < -0.3 is 19.2 Å². The first-order chi connectivity index (χ1) is 16.0. The topological polar surface area (TPSA) is 109 Å². The molecule has 33 heavy (non-hydrogen) atoms. The van der Waals surface area contributed by atoms with Gasteiger partial charge >= 0.3 is 5.91 Å². The number of amides is 1. The Morgan fingerprint density at radius 1 is 1.21 bits per heavy atom. The molecule has 3 heterocycles. The van der Waals surface area contributed by atoms with Gasteiger partial charge in [-0.25, -0.2) is 9.37 Å². The first-order valence-electron chi connectivity index (χ1n) is 10.2. The average Bonchev–Trinajstić information content (AvgIpc) is 3.52. The number of aromatic amines is 1. The Bertz CT molecular complexity index is 1410. The number of carbonyl (C=O) groups is 2. The second-order valence-electron chi connectivity index (χ2n) is 7.37. The maximum atomic E-state index is 13.7. The summed E-state index contributed by atoms with van der Waals surface area (Å²) in [6.45, 7) is 2.25. The summed E-state index contributed by atoms with van der Waals surface area (Å²) in [6, 6.07) is 12.6. The van der Waals surface area contributed by atoms with E-state index >= 15 is 0 Å². The van der Waals surface area contributed by atoms with Gasteiger partial charge in [-0.3, -0.25) is 14.5 Å². The molecule has 0 aliphatic carbocycles. The number of aliphatic hydroxyl groups excluding tert-OH is 1. The number of rotatable bonds is 5. The van der Waals surface area contributed by atoms with Crippen molar-refractivity contribution < 1.29 is 28.2 Å². The molecule has 1 saturated heterocycles. The van der Waals surface area contributed by atoms with Crippen LogP contribution < -0.4 is 9.64 Å². The molecule has 1 aliphatic rings. The molecule has 1 unspecified atom stereocenters. The van der Waals surface area contributed by atoms with Crippen LogP contribution in [0.25, 0.3) is 16.8 Å². The molecule has 1 aliphatic heterocycles. The van der Waals surface area contributed by atoms with Crippen LogP contribution >= 0.6 is 0 Å². The normalized spacial score (nSPS) is 17.8. The average molecular weight is 447 g/mol. The number of H-pyrrole nitrogens is 1. The summed E-state index contributed by atoms with van der Waals surface area (Å²) in [5.41, 5.74) is 0.919. The monoisotopic (exact) mass is 447 g/mol. The Morgan fingerprint density at radius 3 is 2.82 bits per heavy atom. The number of furan rings is 1. The lowest BCUT2D eigenvalue weighted by atomic mass is 9.99. The molecule has 0 radical (unpaired) electrons. The number of benzene rings is 2. The fourth-order valence-corrected chi connectivity index (χ4v) is 3.90. The van der Waals surface area contributed by atoms with Gasteiger partial charge in [0, 0.05) is 5.56 Å². The van der Waals surface area contributed by atoms with E-state index in [9.17, 15) is 19.1 Å². The molecule has 1 fully saturated rings. The standard InChI is InChI=1S/C24H18FN3O5/c1-2-32-15-6-3-5-13(11-15)21(29)19-20(18-7-4-10-33-18)28(23(31)22(19)30)24-26-16-9-8-14(25)12-17(16)27-24/h3-12,20,29H,2H2,1H3,(H,26,27)/b21-19+. The molecular weight excluding hydrogens is 429 g/mol. The lowest BCUT2D eigenvalue weighted by molar-refractivity contribution is -0.132. The van der Waals surface area contributed by atoms with E-state index in [0.717, 1.165) is 4.90 Å².